The summed E-state index contributed by atoms with van der Waals surface area (Å²) in [4.78, 5) is 0. The highest BCUT2D eigenvalue weighted by atomic mass is 28.4. The Morgan fingerprint density at radius 3 is 1.28 bits per heavy atom. The van der Waals surface area contributed by atoms with E-state index >= 15 is 0 Å². The highest BCUT2D eigenvalue weighted by Crippen LogP contribution is 2.47. The van der Waals surface area contributed by atoms with Crippen LogP contribution in [0.15, 0.2) is 0 Å². The average Bonchev–Trinajstić information content (AvgIpc) is 2.14. The lowest BCUT2D eigenvalue weighted by atomic mass is 9.86. The van der Waals surface area contributed by atoms with Gasteiger partial charge >= 0.3 is 8.80 Å². The SMILES string of the molecule is CCO[Si](OCC)(OCC)C(C)(C)CC(C)(C)C. The minimum Gasteiger partial charge on any atom is -0.373 e. The van der Waals surface area contributed by atoms with Crippen LogP contribution in [0.1, 0.15) is 61.8 Å². The van der Waals surface area contributed by atoms with Crippen molar-refractivity contribution in [2.45, 2.75) is 66.8 Å². The lowest BCUT2D eigenvalue weighted by Crippen LogP contribution is -2.55. The second-order valence-corrected chi connectivity index (χ2v) is 9.81. The van der Waals surface area contributed by atoms with Gasteiger partial charge < -0.3 is 13.3 Å². The van der Waals surface area contributed by atoms with Crippen molar-refractivity contribution < 1.29 is 13.3 Å². The first-order valence-corrected chi connectivity index (χ1v) is 8.78. The quantitative estimate of drug-likeness (QED) is 0.620. The van der Waals surface area contributed by atoms with Crippen LogP contribution >= 0.6 is 0 Å². The Morgan fingerprint density at radius 1 is 0.722 bits per heavy atom. The molecule has 0 aliphatic rings. The van der Waals surface area contributed by atoms with E-state index in [1.165, 1.54) is 0 Å². The standard InChI is InChI=1S/C14H32O3Si/c1-9-15-18(16-10-2,17-11-3)14(7,8)12-13(4,5)6/h9-12H2,1-8H3. The molecule has 0 atom stereocenters. The summed E-state index contributed by atoms with van der Waals surface area (Å²) in [5.41, 5.74) is 0.229. The van der Waals surface area contributed by atoms with Gasteiger partial charge in [0.25, 0.3) is 0 Å². The molecule has 0 unspecified atom stereocenters. The molecule has 0 aliphatic carbocycles. The fraction of sp³-hybridized carbons (Fsp3) is 1.00. The van der Waals surface area contributed by atoms with Crippen LogP contribution in [0.5, 0.6) is 0 Å². The highest BCUT2D eigenvalue weighted by molar-refractivity contribution is 6.64. The summed E-state index contributed by atoms with van der Waals surface area (Å²) in [7, 11) is -2.63. The van der Waals surface area contributed by atoms with Gasteiger partial charge in [-0.3, -0.25) is 0 Å². The maximum atomic E-state index is 6.02. The highest BCUT2D eigenvalue weighted by Gasteiger charge is 2.56. The van der Waals surface area contributed by atoms with Crippen LogP contribution in [0.25, 0.3) is 0 Å². The van der Waals surface area contributed by atoms with E-state index in [-0.39, 0.29) is 10.5 Å². The first-order chi connectivity index (χ1) is 8.14. The van der Waals surface area contributed by atoms with Crippen molar-refractivity contribution in [3.63, 3.8) is 0 Å². The molecule has 18 heavy (non-hydrogen) atoms. The fourth-order valence-electron chi connectivity index (χ4n) is 2.72. The Hall–Kier alpha value is 0.0969. The summed E-state index contributed by atoms with van der Waals surface area (Å²) in [5.74, 6) is 0. The molecular weight excluding hydrogens is 244 g/mol. The third-order valence-corrected chi connectivity index (χ3v) is 6.64. The molecule has 0 saturated carbocycles. The minimum absolute atomic E-state index is 0.0761. The molecule has 0 radical (unpaired) electrons. The van der Waals surface area contributed by atoms with E-state index < -0.39 is 8.80 Å². The molecule has 0 aromatic carbocycles. The average molecular weight is 276 g/mol. The third-order valence-electron chi connectivity index (χ3n) is 2.80. The summed E-state index contributed by atoms with van der Waals surface area (Å²) in [5, 5.41) is -0.0761. The largest absolute Gasteiger partial charge is 0.506 e. The van der Waals surface area contributed by atoms with Crippen molar-refractivity contribution in [2.24, 2.45) is 5.41 Å². The predicted octanol–water partition coefficient (Wildman–Crippen LogP) is 4.25. The molecular formula is C14H32O3Si. The molecule has 0 N–H and O–H groups in total. The maximum Gasteiger partial charge on any atom is 0.506 e. The third kappa shape index (κ3) is 5.00. The zero-order valence-corrected chi connectivity index (χ0v) is 14.6. The Morgan fingerprint density at radius 2 is 1.06 bits per heavy atom. The number of rotatable bonds is 8. The second-order valence-electron chi connectivity index (χ2n) is 6.48. The van der Waals surface area contributed by atoms with Crippen LogP contribution < -0.4 is 0 Å². The molecule has 0 aliphatic heterocycles. The van der Waals surface area contributed by atoms with E-state index in [1.807, 2.05) is 20.8 Å². The number of hydrogen-bond donors (Lipinski definition) is 0. The molecule has 0 aromatic rings. The summed E-state index contributed by atoms with van der Waals surface area (Å²) >= 11 is 0. The van der Waals surface area contributed by atoms with Crippen molar-refractivity contribution >= 4 is 8.80 Å². The minimum atomic E-state index is -2.63. The van der Waals surface area contributed by atoms with Crippen LogP contribution in [0.3, 0.4) is 0 Å². The monoisotopic (exact) mass is 276 g/mol. The van der Waals surface area contributed by atoms with E-state index in [9.17, 15) is 0 Å². The molecule has 110 valence electrons. The van der Waals surface area contributed by atoms with E-state index in [2.05, 4.69) is 34.6 Å². The van der Waals surface area contributed by atoms with Gasteiger partial charge in [-0.25, -0.2) is 0 Å². The normalized spacial score (nSPS) is 14.0. The molecule has 4 heteroatoms. The Kier molecular flexibility index (Phi) is 7.07. The molecule has 0 spiro atoms. The van der Waals surface area contributed by atoms with Crippen molar-refractivity contribution in [3.05, 3.63) is 0 Å². The van der Waals surface area contributed by atoms with Crippen LogP contribution in [-0.4, -0.2) is 28.6 Å². The maximum absolute atomic E-state index is 6.02. The second kappa shape index (κ2) is 7.03. The predicted molar refractivity (Wildman–Crippen MR) is 78.7 cm³/mol. The first-order valence-electron chi connectivity index (χ1n) is 7.06. The van der Waals surface area contributed by atoms with Gasteiger partial charge in [-0.15, -0.1) is 0 Å². The Bertz CT molecular complexity index is 217. The lowest BCUT2D eigenvalue weighted by Gasteiger charge is -2.43. The molecule has 0 rings (SSSR count). The van der Waals surface area contributed by atoms with Gasteiger partial charge in [0, 0.05) is 24.9 Å². The van der Waals surface area contributed by atoms with Gasteiger partial charge in [-0.05, 0) is 32.6 Å². The molecule has 0 aromatic heterocycles. The van der Waals surface area contributed by atoms with E-state index in [0.717, 1.165) is 6.42 Å². The summed E-state index contributed by atoms with van der Waals surface area (Å²) in [6, 6.07) is 0. The molecule has 0 saturated heterocycles. The zero-order valence-electron chi connectivity index (χ0n) is 13.6. The van der Waals surface area contributed by atoms with E-state index in [0.29, 0.717) is 19.8 Å². The van der Waals surface area contributed by atoms with Crippen molar-refractivity contribution in [3.8, 4) is 0 Å². The van der Waals surface area contributed by atoms with Crippen LogP contribution in [-0.2, 0) is 13.3 Å². The lowest BCUT2D eigenvalue weighted by molar-refractivity contribution is 0.0403. The van der Waals surface area contributed by atoms with Gasteiger partial charge in [-0.1, -0.05) is 34.6 Å². The molecule has 0 fully saturated rings. The van der Waals surface area contributed by atoms with E-state index in [4.69, 9.17) is 13.3 Å². The molecule has 0 amide bonds. The molecule has 0 heterocycles. The first kappa shape index (κ1) is 18.1. The van der Waals surface area contributed by atoms with Gasteiger partial charge in [0.1, 0.15) is 0 Å². The van der Waals surface area contributed by atoms with Gasteiger partial charge in [0.05, 0.1) is 0 Å². The Labute approximate surface area is 115 Å². The van der Waals surface area contributed by atoms with Gasteiger partial charge in [0.2, 0.25) is 0 Å². The fourth-order valence-corrected chi connectivity index (χ4v) is 6.02. The number of hydrogen-bond acceptors (Lipinski definition) is 3. The van der Waals surface area contributed by atoms with Crippen LogP contribution in [0, 0.1) is 5.41 Å². The summed E-state index contributed by atoms with van der Waals surface area (Å²) in [6.45, 7) is 19.1. The topological polar surface area (TPSA) is 27.7 Å². The van der Waals surface area contributed by atoms with Gasteiger partial charge in [0.15, 0.2) is 0 Å². The van der Waals surface area contributed by atoms with Gasteiger partial charge in [-0.2, -0.15) is 0 Å². The van der Waals surface area contributed by atoms with Crippen LogP contribution in [0.2, 0.25) is 5.04 Å². The smallest absolute Gasteiger partial charge is 0.373 e. The van der Waals surface area contributed by atoms with Crippen LogP contribution in [0.4, 0.5) is 0 Å². The summed E-state index contributed by atoms with van der Waals surface area (Å²) in [6.07, 6.45) is 1.02. The van der Waals surface area contributed by atoms with E-state index in [1.54, 1.807) is 0 Å². The van der Waals surface area contributed by atoms with Crippen molar-refractivity contribution in [1.82, 2.24) is 0 Å². The Balaban J connectivity index is 5.22. The summed E-state index contributed by atoms with van der Waals surface area (Å²) < 4.78 is 18.0. The molecule has 0 bridgehead atoms. The van der Waals surface area contributed by atoms with Crippen molar-refractivity contribution in [2.75, 3.05) is 19.8 Å². The van der Waals surface area contributed by atoms with Crippen molar-refractivity contribution in [1.29, 1.82) is 0 Å². The zero-order chi connectivity index (χ0) is 14.4. The molecule has 3 nitrogen and oxygen atoms in total.